The van der Waals surface area contributed by atoms with E-state index in [1.807, 2.05) is 18.2 Å². The molecule has 1 aromatic carbocycles. The van der Waals surface area contributed by atoms with Crippen molar-refractivity contribution in [2.45, 2.75) is 45.3 Å². The molecule has 0 saturated heterocycles. The lowest BCUT2D eigenvalue weighted by Crippen LogP contribution is -2.23. The second-order valence-electron chi connectivity index (χ2n) is 5.50. The van der Waals surface area contributed by atoms with Crippen molar-refractivity contribution in [2.24, 2.45) is 0 Å². The van der Waals surface area contributed by atoms with Crippen LogP contribution < -0.4 is 10.1 Å². The fourth-order valence-electron chi connectivity index (χ4n) is 2.85. The van der Waals surface area contributed by atoms with Gasteiger partial charge in [0, 0.05) is 25.1 Å². The van der Waals surface area contributed by atoms with E-state index in [2.05, 4.69) is 33.1 Å². The van der Waals surface area contributed by atoms with Gasteiger partial charge in [0.05, 0.1) is 13.2 Å². The molecule has 2 heterocycles. The number of fused-ring (bicyclic) bond motifs is 1. The largest absolute Gasteiger partial charge is 0.496 e. The normalized spacial score (nSPS) is 15.5. The van der Waals surface area contributed by atoms with Gasteiger partial charge in [0.1, 0.15) is 17.4 Å². The van der Waals surface area contributed by atoms with E-state index in [4.69, 9.17) is 4.74 Å². The molecule has 5 heteroatoms. The van der Waals surface area contributed by atoms with Crippen molar-refractivity contribution in [3.63, 3.8) is 0 Å². The van der Waals surface area contributed by atoms with Gasteiger partial charge < -0.3 is 14.6 Å². The van der Waals surface area contributed by atoms with Crippen molar-refractivity contribution >= 4 is 0 Å². The van der Waals surface area contributed by atoms with Gasteiger partial charge in [-0.05, 0) is 25.8 Å². The minimum Gasteiger partial charge on any atom is -0.496 e. The zero-order chi connectivity index (χ0) is 14.7. The van der Waals surface area contributed by atoms with Gasteiger partial charge in [-0.25, -0.2) is 0 Å². The average Bonchev–Trinajstić information content (AvgIpc) is 2.97. The number of methoxy groups -OCH3 is 1. The fourth-order valence-corrected chi connectivity index (χ4v) is 2.85. The lowest BCUT2D eigenvalue weighted by atomic mass is 10.1. The van der Waals surface area contributed by atoms with Gasteiger partial charge in [-0.1, -0.05) is 18.2 Å². The first-order valence-corrected chi connectivity index (χ1v) is 7.57. The van der Waals surface area contributed by atoms with E-state index >= 15 is 0 Å². The maximum Gasteiger partial charge on any atom is 0.149 e. The highest BCUT2D eigenvalue weighted by Crippen LogP contribution is 2.21. The molecule has 21 heavy (non-hydrogen) atoms. The minimum absolute atomic E-state index is 0.175. The third kappa shape index (κ3) is 2.93. The summed E-state index contributed by atoms with van der Waals surface area (Å²) in [4.78, 5) is 0. The number of nitrogens with one attached hydrogen (secondary N) is 1. The Morgan fingerprint density at radius 2 is 2.14 bits per heavy atom. The van der Waals surface area contributed by atoms with Gasteiger partial charge in [0.2, 0.25) is 0 Å². The van der Waals surface area contributed by atoms with Gasteiger partial charge in [-0.15, -0.1) is 10.2 Å². The second kappa shape index (κ2) is 6.26. The molecule has 5 nitrogen and oxygen atoms in total. The molecular weight excluding hydrogens is 264 g/mol. The minimum atomic E-state index is 0.175. The molecule has 2 aromatic rings. The highest BCUT2D eigenvalue weighted by Gasteiger charge is 2.19. The Morgan fingerprint density at radius 1 is 1.29 bits per heavy atom. The fraction of sp³-hybridized carbons (Fsp3) is 0.500. The molecule has 0 unspecified atom stereocenters. The lowest BCUT2D eigenvalue weighted by Gasteiger charge is -2.19. The van der Waals surface area contributed by atoms with Crippen molar-refractivity contribution in [1.29, 1.82) is 0 Å². The third-order valence-electron chi connectivity index (χ3n) is 4.07. The number of ether oxygens (including phenoxy) is 1. The number of benzene rings is 1. The summed E-state index contributed by atoms with van der Waals surface area (Å²) in [6.07, 6.45) is 3.49. The smallest absolute Gasteiger partial charge is 0.149 e. The Kier molecular flexibility index (Phi) is 4.20. The zero-order valence-corrected chi connectivity index (χ0v) is 12.7. The summed E-state index contributed by atoms with van der Waals surface area (Å²) >= 11 is 0. The molecule has 3 rings (SSSR count). The third-order valence-corrected chi connectivity index (χ3v) is 4.07. The van der Waals surface area contributed by atoms with Crippen LogP contribution in [-0.2, 0) is 19.5 Å². The number of aryl methyl sites for hydroxylation is 1. The molecule has 112 valence electrons. The van der Waals surface area contributed by atoms with Crippen molar-refractivity contribution in [3.8, 4) is 5.75 Å². The van der Waals surface area contributed by atoms with Gasteiger partial charge in [0.25, 0.3) is 0 Å². The first-order valence-electron chi connectivity index (χ1n) is 7.57. The summed E-state index contributed by atoms with van der Waals surface area (Å²) in [5.41, 5.74) is 1.16. The average molecular weight is 286 g/mol. The van der Waals surface area contributed by atoms with Gasteiger partial charge >= 0.3 is 0 Å². The number of hydrogen-bond acceptors (Lipinski definition) is 4. The molecule has 0 saturated carbocycles. The summed E-state index contributed by atoms with van der Waals surface area (Å²) < 4.78 is 7.65. The van der Waals surface area contributed by atoms with Crippen LogP contribution in [0.15, 0.2) is 24.3 Å². The number of hydrogen-bond donors (Lipinski definition) is 1. The van der Waals surface area contributed by atoms with E-state index in [0.29, 0.717) is 0 Å². The summed E-state index contributed by atoms with van der Waals surface area (Å²) in [6, 6.07) is 8.26. The Hall–Kier alpha value is -1.88. The Labute approximate surface area is 125 Å². The number of para-hydroxylation sites is 1. The van der Waals surface area contributed by atoms with Gasteiger partial charge in [-0.3, -0.25) is 0 Å². The van der Waals surface area contributed by atoms with Crippen LogP contribution in [0.25, 0.3) is 0 Å². The maximum atomic E-state index is 5.39. The molecular formula is C16H22N4O. The van der Waals surface area contributed by atoms with Gasteiger partial charge in [0.15, 0.2) is 0 Å². The Balaban J connectivity index is 1.69. The number of aromatic nitrogens is 3. The molecule has 0 spiro atoms. The van der Waals surface area contributed by atoms with E-state index in [1.165, 1.54) is 12.8 Å². The molecule has 1 atom stereocenters. The predicted molar refractivity (Wildman–Crippen MR) is 81.2 cm³/mol. The molecule has 1 aromatic heterocycles. The van der Waals surface area contributed by atoms with E-state index in [0.717, 1.165) is 42.5 Å². The lowest BCUT2D eigenvalue weighted by molar-refractivity contribution is 0.404. The summed E-state index contributed by atoms with van der Waals surface area (Å²) in [7, 11) is 1.71. The molecule has 0 aliphatic carbocycles. The Bertz CT molecular complexity index is 608. The molecule has 1 N–H and O–H groups in total. The van der Waals surface area contributed by atoms with Crippen LogP contribution >= 0.6 is 0 Å². The van der Waals surface area contributed by atoms with E-state index in [1.54, 1.807) is 7.11 Å². The molecule has 0 fully saturated rings. The standard InChI is InChI=1S/C16H22N4O/c1-12(16-19-18-15-9-5-6-10-20(15)16)17-11-13-7-3-4-8-14(13)21-2/h3-4,7-8,12,17H,5-6,9-11H2,1-2H3/t12-/m1/s1. The molecule has 0 bridgehead atoms. The molecule has 0 radical (unpaired) electrons. The topological polar surface area (TPSA) is 52.0 Å². The molecule has 1 aliphatic heterocycles. The van der Waals surface area contributed by atoms with Crippen LogP contribution in [0.2, 0.25) is 0 Å². The van der Waals surface area contributed by atoms with Crippen LogP contribution in [0.4, 0.5) is 0 Å². The monoisotopic (exact) mass is 286 g/mol. The predicted octanol–water partition coefficient (Wildman–Crippen LogP) is 2.47. The van der Waals surface area contributed by atoms with E-state index in [-0.39, 0.29) is 6.04 Å². The van der Waals surface area contributed by atoms with Crippen LogP contribution in [0.5, 0.6) is 5.75 Å². The van der Waals surface area contributed by atoms with E-state index in [9.17, 15) is 0 Å². The van der Waals surface area contributed by atoms with Crippen molar-refractivity contribution < 1.29 is 4.74 Å². The van der Waals surface area contributed by atoms with Crippen LogP contribution in [0, 0.1) is 0 Å². The van der Waals surface area contributed by atoms with Crippen molar-refractivity contribution in [2.75, 3.05) is 7.11 Å². The maximum absolute atomic E-state index is 5.39. The number of rotatable bonds is 5. The second-order valence-corrected chi connectivity index (χ2v) is 5.50. The first kappa shape index (κ1) is 14.1. The van der Waals surface area contributed by atoms with Crippen molar-refractivity contribution in [1.82, 2.24) is 20.1 Å². The van der Waals surface area contributed by atoms with Crippen molar-refractivity contribution in [3.05, 3.63) is 41.5 Å². The summed E-state index contributed by atoms with van der Waals surface area (Å²) in [5, 5.41) is 12.2. The highest BCUT2D eigenvalue weighted by molar-refractivity contribution is 5.33. The molecule has 1 aliphatic rings. The zero-order valence-electron chi connectivity index (χ0n) is 12.7. The van der Waals surface area contributed by atoms with Crippen LogP contribution in [0.3, 0.4) is 0 Å². The van der Waals surface area contributed by atoms with Crippen LogP contribution in [-0.4, -0.2) is 21.9 Å². The summed E-state index contributed by atoms with van der Waals surface area (Å²) in [6.45, 7) is 3.94. The molecule has 0 amide bonds. The summed E-state index contributed by atoms with van der Waals surface area (Å²) in [5.74, 6) is 3.09. The van der Waals surface area contributed by atoms with Gasteiger partial charge in [-0.2, -0.15) is 0 Å². The number of nitrogens with zero attached hydrogens (tertiary/aromatic N) is 3. The Morgan fingerprint density at radius 3 is 3.00 bits per heavy atom. The van der Waals surface area contributed by atoms with E-state index < -0.39 is 0 Å². The first-order chi connectivity index (χ1) is 10.3. The highest BCUT2D eigenvalue weighted by atomic mass is 16.5. The SMILES string of the molecule is COc1ccccc1CN[C@H](C)c1nnc2n1CCCC2. The quantitative estimate of drug-likeness (QED) is 0.917. The van der Waals surface area contributed by atoms with Crippen LogP contribution in [0.1, 0.15) is 43.0 Å².